The van der Waals surface area contributed by atoms with Crippen molar-refractivity contribution in [2.45, 2.75) is 32.7 Å². The zero-order valence-electron chi connectivity index (χ0n) is 16.7. The summed E-state index contributed by atoms with van der Waals surface area (Å²) < 4.78 is 27.1. The van der Waals surface area contributed by atoms with E-state index in [1.165, 1.54) is 30.5 Å². The molecule has 0 saturated carbocycles. The van der Waals surface area contributed by atoms with Crippen molar-refractivity contribution >= 4 is 29.0 Å². The Labute approximate surface area is 179 Å². The van der Waals surface area contributed by atoms with Gasteiger partial charge in [-0.05, 0) is 59.9 Å². The molecule has 3 aromatic rings. The molecule has 0 saturated heterocycles. The van der Waals surface area contributed by atoms with Gasteiger partial charge in [-0.3, -0.25) is 4.79 Å². The molecule has 1 heterocycles. The lowest BCUT2D eigenvalue weighted by Gasteiger charge is -2.17. The summed E-state index contributed by atoms with van der Waals surface area (Å²) in [7, 11) is 0. The summed E-state index contributed by atoms with van der Waals surface area (Å²) in [6.07, 6.45) is 2.30. The Morgan fingerprint density at radius 3 is 2.53 bits per heavy atom. The summed E-state index contributed by atoms with van der Waals surface area (Å²) in [6, 6.07) is 12.0. The predicted molar refractivity (Wildman–Crippen MR) is 115 cm³/mol. The number of hydrogen-bond acceptors (Lipinski definition) is 3. The maximum absolute atomic E-state index is 14.1. The standard InChI is InChI=1S/C23H22ClF2N3O/c1-3-14(2)18-11-22(29-21-9-6-16(24)10-20(21)26)27-13-19(18)23(30)28-12-15-4-7-17(25)8-5-15/h4-11,13-14H,3,12H2,1-2H3,(H,27,29)(H,28,30). The molecule has 3 rings (SSSR count). The van der Waals surface area contributed by atoms with Gasteiger partial charge in [-0.25, -0.2) is 13.8 Å². The Kier molecular flexibility index (Phi) is 7.00. The van der Waals surface area contributed by atoms with Gasteiger partial charge in [0.25, 0.3) is 5.91 Å². The average molecular weight is 430 g/mol. The molecule has 30 heavy (non-hydrogen) atoms. The first-order chi connectivity index (χ1) is 14.4. The first-order valence-electron chi connectivity index (χ1n) is 9.62. The minimum absolute atomic E-state index is 0.0928. The van der Waals surface area contributed by atoms with Gasteiger partial charge in [0.05, 0.1) is 11.3 Å². The molecule has 0 aliphatic rings. The molecule has 156 valence electrons. The van der Waals surface area contributed by atoms with Crippen LogP contribution in [0.3, 0.4) is 0 Å². The van der Waals surface area contributed by atoms with Crippen molar-refractivity contribution in [1.29, 1.82) is 0 Å². The summed E-state index contributed by atoms with van der Waals surface area (Å²) in [5, 5.41) is 6.08. The van der Waals surface area contributed by atoms with Gasteiger partial charge in [-0.2, -0.15) is 0 Å². The fourth-order valence-corrected chi connectivity index (χ4v) is 3.12. The average Bonchev–Trinajstić information content (AvgIpc) is 2.74. The highest BCUT2D eigenvalue weighted by Gasteiger charge is 2.17. The summed E-state index contributed by atoms with van der Waals surface area (Å²) in [4.78, 5) is 17.0. The number of pyridine rings is 1. The quantitative estimate of drug-likeness (QED) is 0.470. The molecule has 4 nitrogen and oxygen atoms in total. The lowest BCUT2D eigenvalue weighted by atomic mass is 9.94. The van der Waals surface area contributed by atoms with Crippen LogP contribution in [0.25, 0.3) is 0 Å². The highest BCUT2D eigenvalue weighted by Crippen LogP contribution is 2.27. The summed E-state index contributed by atoms with van der Waals surface area (Å²) in [6.45, 7) is 4.31. The molecule has 7 heteroatoms. The largest absolute Gasteiger partial charge is 0.348 e. The van der Waals surface area contributed by atoms with Crippen LogP contribution in [-0.2, 0) is 6.54 Å². The van der Waals surface area contributed by atoms with Gasteiger partial charge in [-0.15, -0.1) is 0 Å². The van der Waals surface area contributed by atoms with Crippen LogP contribution in [0.1, 0.15) is 47.7 Å². The van der Waals surface area contributed by atoms with E-state index in [0.717, 1.165) is 17.5 Å². The van der Waals surface area contributed by atoms with E-state index in [1.54, 1.807) is 24.3 Å². The SMILES string of the molecule is CCC(C)c1cc(Nc2ccc(Cl)cc2F)ncc1C(=O)NCc1ccc(F)cc1. The molecule has 2 N–H and O–H groups in total. The number of rotatable bonds is 7. The fourth-order valence-electron chi connectivity index (χ4n) is 2.97. The minimum Gasteiger partial charge on any atom is -0.348 e. The van der Waals surface area contributed by atoms with Crippen LogP contribution in [0.15, 0.2) is 54.7 Å². The minimum atomic E-state index is -0.490. The molecule has 0 aliphatic carbocycles. The maximum atomic E-state index is 14.1. The van der Waals surface area contributed by atoms with Crippen molar-refractivity contribution in [3.05, 3.63) is 88.1 Å². The van der Waals surface area contributed by atoms with Gasteiger partial charge in [0.2, 0.25) is 0 Å². The normalized spacial score (nSPS) is 11.8. The molecular weight excluding hydrogens is 408 g/mol. The first-order valence-corrected chi connectivity index (χ1v) is 9.99. The van der Waals surface area contributed by atoms with Gasteiger partial charge in [-0.1, -0.05) is 37.6 Å². The van der Waals surface area contributed by atoms with Crippen molar-refractivity contribution in [2.24, 2.45) is 0 Å². The van der Waals surface area contributed by atoms with E-state index in [0.29, 0.717) is 16.4 Å². The zero-order valence-corrected chi connectivity index (χ0v) is 17.4. The molecule has 1 amide bonds. The molecule has 1 aromatic heterocycles. The third-order valence-electron chi connectivity index (χ3n) is 4.88. The predicted octanol–water partition coefficient (Wildman–Crippen LogP) is 6.20. The lowest BCUT2D eigenvalue weighted by molar-refractivity contribution is 0.0949. The Bertz CT molecular complexity index is 1040. The van der Waals surface area contributed by atoms with Gasteiger partial charge in [0.15, 0.2) is 0 Å². The highest BCUT2D eigenvalue weighted by molar-refractivity contribution is 6.30. The fraction of sp³-hybridized carbons (Fsp3) is 0.217. The van der Waals surface area contributed by atoms with Crippen molar-refractivity contribution in [3.8, 4) is 0 Å². The number of amides is 1. The number of hydrogen-bond donors (Lipinski definition) is 2. The molecule has 0 spiro atoms. The number of carbonyl (C=O) groups excluding carboxylic acids is 1. The number of nitrogens with one attached hydrogen (secondary N) is 2. The van der Waals surface area contributed by atoms with Gasteiger partial charge in [0, 0.05) is 17.8 Å². The Morgan fingerprint density at radius 2 is 1.87 bits per heavy atom. The topological polar surface area (TPSA) is 54.0 Å². The molecule has 0 radical (unpaired) electrons. The molecule has 1 atom stereocenters. The van der Waals surface area contributed by atoms with E-state index in [9.17, 15) is 13.6 Å². The van der Waals surface area contributed by atoms with Crippen molar-refractivity contribution in [3.63, 3.8) is 0 Å². The van der Waals surface area contributed by atoms with Crippen LogP contribution in [-0.4, -0.2) is 10.9 Å². The van der Waals surface area contributed by atoms with Crippen LogP contribution in [0.2, 0.25) is 5.02 Å². The zero-order chi connectivity index (χ0) is 21.7. The second kappa shape index (κ2) is 9.67. The van der Waals surface area contributed by atoms with E-state index < -0.39 is 5.82 Å². The Balaban J connectivity index is 1.81. The number of carbonyl (C=O) groups is 1. The van der Waals surface area contributed by atoms with Crippen molar-refractivity contribution < 1.29 is 13.6 Å². The number of nitrogens with zero attached hydrogens (tertiary/aromatic N) is 1. The molecule has 0 fully saturated rings. The van der Waals surface area contributed by atoms with Crippen LogP contribution in [0, 0.1) is 11.6 Å². The maximum Gasteiger partial charge on any atom is 0.253 e. The highest BCUT2D eigenvalue weighted by atomic mass is 35.5. The number of halogens is 3. The molecule has 0 aliphatic heterocycles. The second-order valence-electron chi connectivity index (χ2n) is 7.02. The number of anilines is 2. The third kappa shape index (κ3) is 5.33. The summed E-state index contributed by atoms with van der Waals surface area (Å²) in [5.74, 6) is -0.563. The van der Waals surface area contributed by atoms with Crippen molar-refractivity contribution in [2.75, 3.05) is 5.32 Å². The first kappa shape index (κ1) is 21.7. The van der Waals surface area contributed by atoms with Gasteiger partial charge in [0.1, 0.15) is 17.5 Å². The van der Waals surface area contributed by atoms with E-state index in [4.69, 9.17) is 11.6 Å². The molecular formula is C23H22ClF2N3O. The third-order valence-corrected chi connectivity index (χ3v) is 5.12. The van der Waals surface area contributed by atoms with Gasteiger partial charge < -0.3 is 10.6 Å². The summed E-state index contributed by atoms with van der Waals surface area (Å²) >= 11 is 5.80. The molecule has 0 bridgehead atoms. The smallest absolute Gasteiger partial charge is 0.253 e. The molecule has 1 unspecified atom stereocenters. The van der Waals surface area contributed by atoms with Gasteiger partial charge >= 0.3 is 0 Å². The summed E-state index contributed by atoms with van der Waals surface area (Å²) in [5.41, 5.74) is 2.30. The van der Waals surface area contributed by atoms with E-state index in [-0.39, 0.29) is 29.9 Å². The van der Waals surface area contributed by atoms with Crippen LogP contribution < -0.4 is 10.6 Å². The Hall–Kier alpha value is -2.99. The molecule has 2 aromatic carbocycles. The monoisotopic (exact) mass is 429 g/mol. The van der Waals surface area contributed by atoms with Crippen LogP contribution >= 0.6 is 11.6 Å². The van der Waals surface area contributed by atoms with Crippen LogP contribution in [0.5, 0.6) is 0 Å². The number of benzene rings is 2. The van der Waals surface area contributed by atoms with Crippen molar-refractivity contribution in [1.82, 2.24) is 10.3 Å². The Morgan fingerprint density at radius 1 is 1.13 bits per heavy atom. The lowest BCUT2D eigenvalue weighted by Crippen LogP contribution is -2.24. The number of aromatic nitrogens is 1. The van der Waals surface area contributed by atoms with E-state index in [1.807, 2.05) is 13.8 Å². The van der Waals surface area contributed by atoms with Crippen LogP contribution in [0.4, 0.5) is 20.3 Å². The van der Waals surface area contributed by atoms with E-state index in [2.05, 4.69) is 15.6 Å². The second-order valence-corrected chi connectivity index (χ2v) is 7.46. The van der Waals surface area contributed by atoms with E-state index >= 15 is 0 Å².